The molecule has 5 heteroatoms. The van der Waals surface area contributed by atoms with Gasteiger partial charge in [0.05, 0.1) is 18.0 Å². The summed E-state index contributed by atoms with van der Waals surface area (Å²) in [6, 6.07) is 16.2. The van der Waals surface area contributed by atoms with E-state index in [0.717, 1.165) is 27.7 Å². The van der Waals surface area contributed by atoms with Crippen LogP contribution in [0.3, 0.4) is 0 Å². The first-order valence-corrected chi connectivity index (χ1v) is 9.06. The van der Waals surface area contributed by atoms with Gasteiger partial charge >= 0.3 is 0 Å². The summed E-state index contributed by atoms with van der Waals surface area (Å²) in [4.78, 5) is 4.57. The van der Waals surface area contributed by atoms with Gasteiger partial charge in [-0.25, -0.2) is 4.98 Å². The highest BCUT2D eigenvalue weighted by atomic mass is 32.1. The summed E-state index contributed by atoms with van der Waals surface area (Å²) in [5.74, 6) is 0.842. The molecule has 0 bridgehead atoms. The van der Waals surface area contributed by atoms with Gasteiger partial charge in [-0.1, -0.05) is 42.0 Å². The van der Waals surface area contributed by atoms with Crippen molar-refractivity contribution in [3.63, 3.8) is 0 Å². The van der Waals surface area contributed by atoms with Gasteiger partial charge in [0.1, 0.15) is 5.75 Å². The summed E-state index contributed by atoms with van der Waals surface area (Å²) >= 11 is 1.53. The quantitative estimate of drug-likeness (QED) is 0.481. The number of hydrogen-bond acceptors (Lipinski definition) is 5. The Hall–Kier alpha value is -2.66. The number of rotatable bonds is 6. The first-order valence-electron chi connectivity index (χ1n) is 8.18. The number of anilines is 1. The van der Waals surface area contributed by atoms with Crippen molar-refractivity contribution < 1.29 is 4.74 Å². The molecule has 0 unspecified atom stereocenters. The maximum absolute atomic E-state index is 5.69. The molecular weight excluding hydrogens is 330 g/mol. The predicted octanol–water partition coefficient (Wildman–Crippen LogP) is 5.35. The second-order valence-electron chi connectivity index (χ2n) is 6.01. The van der Waals surface area contributed by atoms with Crippen molar-refractivity contribution in [1.82, 2.24) is 4.98 Å². The lowest BCUT2D eigenvalue weighted by atomic mass is 10.1. The van der Waals surface area contributed by atoms with Gasteiger partial charge in [-0.15, -0.1) is 11.3 Å². The van der Waals surface area contributed by atoms with Crippen molar-refractivity contribution in [1.29, 1.82) is 0 Å². The van der Waals surface area contributed by atoms with Gasteiger partial charge in [-0.05, 0) is 38.5 Å². The van der Waals surface area contributed by atoms with Crippen molar-refractivity contribution in [2.24, 2.45) is 5.10 Å². The van der Waals surface area contributed by atoms with Crippen molar-refractivity contribution >= 4 is 22.7 Å². The average Bonchev–Trinajstić information content (AvgIpc) is 3.04. The molecule has 0 atom stereocenters. The van der Waals surface area contributed by atoms with Crippen LogP contribution in [0.25, 0.3) is 11.3 Å². The number of aryl methyl sites for hydroxylation is 1. The van der Waals surface area contributed by atoms with E-state index in [4.69, 9.17) is 4.74 Å². The van der Waals surface area contributed by atoms with Crippen molar-refractivity contribution in [2.45, 2.75) is 26.9 Å². The summed E-state index contributed by atoms with van der Waals surface area (Å²) in [5.41, 5.74) is 7.27. The second-order valence-corrected chi connectivity index (χ2v) is 6.87. The number of nitrogens with zero attached hydrogens (tertiary/aromatic N) is 2. The van der Waals surface area contributed by atoms with Gasteiger partial charge in [0.15, 0.2) is 0 Å². The molecule has 0 aliphatic carbocycles. The van der Waals surface area contributed by atoms with E-state index in [1.165, 1.54) is 16.9 Å². The zero-order valence-electron chi connectivity index (χ0n) is 14.6. The van der Waals surface area contributed by atoms with Crippen molar-refractivity contribution in [3.8, 4) is 17.0 Å². The first-order chi connectivity index (χ1) is 12.1. The van der Waals surface area contributed by atoms with Gasteiger partial charge in [0.25, 0.3) is 0 Å². The maximum Gasteiger partial charge on any atom is 0.203 e. The predicted molar refractivity (Wildman–Crippen MR) is 106 cm³/mol. The summed E-state index contributed by atoms with van der Waals surface area (Å²) in [6.07, 6.45) is 1.92. The van der Waals surface area contributed by atoms with Gasteiger partial charge < -0.3 is 4.74 Å². The lowest BCUT2D eigenvalue weighted by Gasteiger charge is -2.09. The Kier molecular flexibility index (Phi) is 5.46. The highest BCUT2D eigenvalue weighted by molar-refractivity contribution is 7.14. The normalized spacial score (nSPS) is 11.2. The average molecular weight is 351 g/mol. The minimum Gasteiger partial charge on any atom is -0.491 e. The Bertz CT molecular complexity index is 853. The van der Waals surface area contributed by atoms with Gasteiger partial charge in [0, 0.05) is 10.9 Å². The van der Waals surface area contributed by atoms with E-state index in [-0.39, 0.29) is 6.10 Å². The molecule has 3 aromatic rings. The molecule has 0 saturated heterocycles. The van der Waals surface area contributed by atoms with Crippen molar-refractivity contribution in [3.05, 3.63) is 65.0 Å². The molecule has 1 aromatic heterocycles. The lowest BCUT2D eigenvalue weighted by Crippen LogP contribution is -2.05. The molecule has 3 rings (SSSR count). The molecule has 25 heavy (non-hydrogen) atoms. The third-order valence-electron chi connectivity index (χ3n) is 3.46. The number of nitrogens with one attached hydrogen (secondary N) is 1. The third-order valence-corrected chi connectivity index (χ3v) is 4.20. The first kappa shape index (κ1) is 17.2. The summed E-state index contributed by atoms with van der Waals surface area (Å²) < 4.78 is 5.69. The van der Waals surface area contributed by atoms with Crippen LogP contribution in [0.15, 0.2) is 59.0 Å². The fourth-order valence-electron chi connectivity index (χ4n) is 2.28. The Labute approximate surface area is 152 Å². The van der Waals surface area contributed by atoms with Gasteiger partial charge in [-0.2, -0.15) is 5.10 Å². The molecule has 1 heterocycles. The highest BCUT2D eigenvalue weighted by Gasteiger charge is 2.03. The van der Waals surface area contributed by atoms with Crippen LogP contribution in [-0.2, 0) is 0 Å². The van der Waals surface area contributed by atoms with E-state index >= 15 is 0 Å². The van der Waals surface area contributed by atoms with E-state index < -0.39 is 0 Å². The number of hydrogen-bond donors (Lipinski definition) is 1. The minimum absolute atomic E-state index is 0.154. The summed E-state index contributed by atoms with van der Waals surface area (Å²) in [5, 5.41) is 7.06. The van der Waals surface area contributed by atoms with E-state index in [1.54, 1.807) is 6.21 Å². The number of benzene rings is 2. The largest absolute Gasteiger partial charge is 0.491 e. The molecule has 0 fully saturated rings. The maximum atomic E-state index is 5.69. The second kappa shape index (κ2) is 7.94. The topological polar surface area (TPSA) is 46.5 Å². The van der Waals surface area contributed by atoms with Crippen molar-refractivity contribution in [2.75, 3.05) is 5.43 Å². The van der Waals surface area contributed by atoms with Crippen LogP contribution >= 0.6 is 11.3 Å². The lowest BCUT2D eigenvalue weighted by molar-refractivity contribution is 0.242. The zero-order valence-corrected chi connectivity index (χ0v) is 15.4. The number of thiazole rings is 1. The van der Waals surface area contributed by atoms with Crippen LogP contribution in [0.2, 0.25) is 0 Å². The van der Waals surface area contributed by atoms with Crippen LogP contribution in [0, 0.1) is 6.92 Å². The van der Waals surface area contributed by atoms with Crippen LogP contribution in [0.4, 0.5) is 5.13 Å². The zero-order chi connectivity index (χ0) is 17.6. The summed E-state index contributed by atoms with van der Waals surface area (Å²) in [6.45, 7) is 6.10. The Morgan fingerprint density at radius 3 is 2.72 bits per heavy atom. The van der Waals surface area contributed by atoms with E-state index in [1.807, 2.05) is 43.5 Å². The minimum atomic E-state index is 0.154. The molecule has 0 aliphatic heterocycles. The van der Waals surface area contributed by atoms with Crippen LogP contribution in [-0.4, -0.2) is 17.3 Å². The number of ether oxygens (including phenoxy) is 1. The van der Waals surface area contributed by atoms with E-state index in [2.05, 4.69) is 46.7 Å². The van der Waals surface area contributed by atoms with Crippen LogP contribution in [0.1, 0.15) is 25.0 Å². The Morgan fingerprint density at radius 2 is 1.96 bits per heavy atom. The molecular formula is C20H21N3OS. The fraction of sp³-hybridized carbons (Fsp3) is 0.200. The van der Waals surface area contributed by atoms with E-state index in [0.29, 0.717) is 0 Å². The fourth-order valence-corrected chi connectivity index (χ4v) is 2.95. The summed E-state index contributed by atoms with van der Waals surface area (Å²) in [7, 11) is 0. The number of aromatic nitrogens is 1. The van der Waals surface area contributed by atoms with E-state index in [9.17, 15) is 0 Å². The molecule has 4 nitrogen and oxygen atoms in total. The molecule has 0 saturated carbocycles. The SMILES string of the molecule is Cc1ccc(-c2csc(N/N=C\c3cccc(OC(C)C)c3)n2)cc1. The molecule has 128 valence electrons. The Morgan fingerprint density at radius 1 is 1.16 bits per heavy atom. The molecule has 1 N–H and O–H groups in total. The molecule has 0 radical (unpaired) electrons. The van der Waals surface area contributed by atoms with Crippen LogP contribution < -0.4 is 10.2 Å². The monoisotopic (exact) mass is 351 g/mol. The standard InChI is InChI=1S/C20H21N3OS/c1-14(2)24-18-6-4-5-16(11-18)12-21-23-20-22-19(13-25-20)17-9-7-15(3)8-10-17/h4-14H,1-3H3,(H,22,23)/b21-12-. The molecule has 0 spiro atoms. The highest BCUT2D eigenvalue weighted by Crippen LogP contribution is 2.25. The molecule has 0 aliphatic rings. The van der Waals surface area contributed by atoms with Crippen LogP contribution in [0.5, 0.6) is 5.75 Å². The van der Waals surface area contributed by atoms with Gasteiger partial charge in [-0.3, -0.25) is 5.43 Å². The van der Waals surface area contributed by atoms with Gasteiger partial charge in [0.2, 0.25) is 5.13 Å². The third kappa shape index (κ3) is 4.90. The number of hydrazone groups is 1. The molecule has 0 amide bonds. The molecule has 2 aromatic carbocycles. The Balaban J connectivity index is 1.64. The smallest absolute Gasteiger partial charge is 0.203 e.